The Balaban J connectivity index is 0. The monoisotopic (exact) mass is 285 g/mol. The molecule has 0 unspecified atom stereocenters. The molecule has 0 fully saturated rings. The van der Waals surface area contributed by atoms with E-state index in [9.17, 15) is 0 Å². The molecule has 4 heteroatoms. The minimum atomic E-state index is 0. The average Bonchev–Trinajstić information content (AvgIpc) is 0. The van der Waals surface area contributed by atoms with Gasteiger partial charge in [0.05, 0.1) is 0 Å². The second-order valence-corrected chi connectivity index (χ2v) is 0. The Hall–Kier alpha value is 3.80. The fourth-order valence-corrected chi connectivity index (χ4v) is 0. The van der Waals surface area contributed by atoms with Gasteiger partial charge in [-0.05, 0) is 0 Å². The number of rotatable bonds is 0. The van der Waals surface area contributed by atoms with Crippen LogP contribution in [0.3, 0.4) is 0 Å². The van der Waals surface area contributed by atoms with Gasteiger partial charge in [0.1, 0.15) is 0 Å². The summed E-state index contributed by atoms with van der Waals surface area (Å²) in [5, 5.41) is 0. The normalized spacial score (nSPS) is 0. The van der Waals surface area contributed by atoms with Crippen molar-refractivity contribution in [3.8, 4) is 0 Å². The van der Waals surface area contributed by atoms with Gasteiger partial charge >= 0.3 is 94.4 Å². The molecule has 0 rings (SSSR count). The zero-order valence-corrected chi connectivity index (χ0v) is 3.23. The molecule has 0 N–H and O–H groups in total. The molecule has 7 radical (unpaired) electrons. The third-order valence-corrected chi connectivity index (χ3v) is 0. The summed E-state index contributed by atoms with van der Waals surface area (Å²) < 4.78 is 0. The van der Waals surface area contributed by atoms with E-state index in [0.717, 1.165) is 0 Å². The molecule has 0 heterocycles. The van der Waals surface area contributed by atoms with Crippen LogP contribution in [-0.4, -0.2) is 123 Å². The number of hydrogen-bond acceptors (Lipinski definition) is 0. The molecular formula is H4AlBaSiSr. The van der Waals surface area contributed by atoms with Crippen LogP contribution in [0.4, 0.5) is 0 Å². The van der Waals surface area contributed by atoms with E-state index in [0.29, 0.717) is 0 Å². The first-order chi connectivity index (χ1) is 0. The maximum absolute atomic E-state index is 0. The fourth-order valence-electron chi connectivity index (χ4n) is 0. The molecule has 0 aliphatic heterocycles. The van der Waals surface area contributed by atoms with E-state index in [1.165, 1.54) is 0 Å². The Kier molecular flexibility index (Phi) is 98.9. The van der Waals surface area contributed by atoms with Gasteiger partial charge in [0.2, 0.25) is 0 Å². The molecule has 0 amide bonds. The van der Waals surface area contributed by atoms with Crippen molar-refractivity contribution in [2.45, 2.75) is 0 Å². The molecule has 0 aromatic rings. The number of hydrogen-bond donors (Lipinski definition) is 0. The van der Waals surface area contributed by atoms with Crippen LogP contribution in [0.15, 0.2) is 0 Å². The van der Waals surface area contributed by atoms with Crippen LogP contribution >= 0.6 is 0 Å². The van der Waals surface area contributed by atoms with Crippen molar-refractivity contribution in [3.05, 3.63) is 0 Å². The zero-order valence-electron chi connectivity index (χ0n) is 1.08. The van der Waals surface area contributed by atoms with Crippen LogP contribution in [0, 0.1) is 0 Å². The van der Waals surface area contributed by atoms with Crippen molar-refractivity contribution in [1.29, 1.82) is 0 Å². The van der Waals surface area contributed by atoms with Crippen LogP contribution in [0.25, 0.3) is 0 Å². The van der Waals surface area contributed by atoms with Crippen LogP contribution in [0.5, 0.6) is 0 Å². The summed E-state index contributed by atoms with van der Waals surface area (Å²) in [5.74, 6) is 0. The Morgan fingerprint density at radius 1 is 1.00 bits per heavy atom. The Morgan fingerprint density at radius 3 is 1.00 bits per heavy atom. The summed E-state index contributed by atoms with van der Waals surface area (Å²) in [5.41, 5.74) is 0. The second-order valence-electron chi connectivity index (χ2n) is 0. The van der Waals surface area contributed by atoms with Gasteiger partial charge in [0.25, 0.3) is 0 Å². The van der Waals surface area contributed by atoms with Gasteiger partial charge in [-0.2, -0.15) is 0 Å². The van der Waals surface area contributed by atoms with Gasteiger partial charge < -0.3 is 0 Å². The SMILES string of the molecule is [Al].[BaH2].[Si].[SrH2]. The first-order valence-electron chi connectivity index (χ1n) is 0. The third-order valence-electron chi connectivity index (χ3n) is 0. The molecule has 15 valence electrons. The summed E-state index contributed by atoms with van der Waals surface area (Å²) in [6.07, 6.45) is 0. The van der Waals surface area contributed by atoms with Gasteiger partial charge in [0.15, 0.2) is 0 Å². The maximum atomic E-state index is 0. The molecule has 4 heavy (non-hydrogen) atoms. The quantitative estimate of drug-likeness (QED) is 0.428. The molecule has 0 aliphatic carbocycles. The van der Waals surface area contributed by atoms with Crippen LogP contribution in [-0.2, 0) is 0 Å². The zero-order chi connectivity index (χ0) is 0. The molecule has 0 saturated carbocycles. The first-order valence-corrected chi connectivity index (χ1v) is 0. The van der Waals surface area contributed by atoms with Gasteiger partial charge in [-0.3, -0.25) is 0 Å². The van der Waals surface area contributed by atoms with Crippen LogP contribution in [0.1, 0.15) is 0 Å². The topological polar surface area (TPSA) is 0 Å². The summed E-state index contributed by atoms with van der Waals surface area (Å²) in [6.45, 7) is 0. The van der Waals surface area contributed by atoms with E-state index in [2.05, 4.69) is 0 Å². The van der Waals surface area contributed by atoms with Gasteiger partial charge in [0, 0.05) is 28.3 Å². The molecule has 0 aromatic heterocycles. The Bertz CT molecular complexity index is 8.00. The van der Waals surface area contributed by atoms with Crippen molar-refractivity contribution >= 4 is 123 Å². The van der Waals surface area contributed by atoms with Gasteiger partial charge in [-0.15, -0.1) is 0 Å². The van der Waals surface area contributed by atoms with E-state index in [-0.39, 0.29) is 123 Å². The predicted octanol–water partition coefficient (Wildman–Crippen LogP) is -2.59. The summed E-state index contributed by atoms with van der Waals surface area (Å²) in [7, 11) is 0. The summed E-state index contributed by atoms with van der Waals surface area (Å²) in [4.78, 5) is 0. The van der Waals surface area contributed by atoms with Gasteiger partial charge in [-0.1, -0.05) is 0 Å². The molecule has 0 spiro atoms. The fraction of sp³-hybridized carbons (Fsp3) is 0. The van der Waals surface area contributed by atoms with Crippen molar-refractivity contribution in [1.82, 2.24) is 0 Å². The van der Waals surface area contributed by atoms with Crippen molar-refractivity contribution in [3.63, 3.8) is 0 Å². The van der Waals surface area contributed by atoms with Crippen LogP contribution < -0.4 is 0 Å². The van der Waals surface area contributed by atoms with E-state index in [4.69, 9.17) is 0 Å². The third kappa shape index (κ3) is 9.26. The van der Waals surface area contributed by atoms with Gasteiger partial charge in [-0.25, -0.2) is 0 Å². The molecule has 0 saturated heterocycles. The molecule has 0 nitrogen and oxygen atoms in total. The molecule has 0 bridgehead atoms. The van der Waals surface area contributed by atoms with E-state index < -0.39 is 0 Å². The minimum absolute atomic E-state index is 0. The van der Waals surface area contributed by atoms with Crippen molar-refractivity contribution < 1.29 is 0 Å². The summed E-state index contributed by atoms with van der Waals surface area (Å²) >= 11 is 0. The summed E-state index contributed by atoms with van der Waals surface area (Å²) in [6, 6.07) is 0. The van der Waals surface area contributed by atoms with Crippen molar-refractivity contribution in [2.24, 2.45) is 0 Å². The van der Waals surface area contributed by atoms with Crippen molar-refractivity contribution in [2.75, 3.05) is 0 Å². The van der Waals surface area contributed by atoms with Crippen LogP contribution in [0.2, 0.25) is 0 Å². The Labute approximate surface area is 119 Å². The standard InChI is InChI=1S/Al.Ba.Si.Sr.4H. The average molecular weight is 284 g/mol. The first kappa shape index (κ1) is 25.0. The second kappa shape index (κ2) is 15.8. The van der Waals surface area contributed by atoms with E-state index >= 15 is 0 Å². The molecule has 0 aromatic carbocycles. The predicted molar refractivity (Wildman–Crippen MR) is 28.6 cm³/mol. The Morgan fingerprint density at radius 2 is 1.00 bits per heavy atom. The molecular weight excluding hydrogens is 280 g/mol. The molecule has 0 atom stereocenters. The van der Waals surface area contributed by atoms with E-state index in [1.807, 2.05) is 0 Å². The molecule has 0 aliphatic rings. The van der Waals surface area contributed by atoms with E-state index in [1.54, 1.807) is 0 Å².